The maximum Gasteiger partial charge on any atom is 0.198 e. The van der Waals surface area contributed by atoms with Crippen molar-refractivity contribution in [2.75, 3.05) is 0 Å². The van der Waals surface area contributed by atoms with Crippen molar-refractivity contribution in [1.82, 2.24) is 9.55 Å². The Labute approximate surface area is 238 Å². The highest BCUT2D eigenvalue weighted by molar-refractivity contribution is 7.27. The van der Waals surface area contributed by atoms with Crippen LogP contribution in [0.4, 0.5) is 0 Å². The number of nitrogens with zero attached hydrogens (tertiary/aromatic N) is 1. The standard InChI is InChI=1S/C35H21BN2S2/c1-18-16-24(19-10-6-11-22-30(19)37-31-20-8-2-4-14-27(20)39-34(22)31)29-26(17-18)38-32-23(12-7-13-25(32)36-29)35-33(38)21-9-3-5-15-28(21)40-35/h2-17,36-37H,1H3. The molecule has 0 fully saturated rings. The van der Waals surface area contributed by atoms with Crippen LogP contribution in [0.15, 0.2) is 97.1 Å². The summed E-state index contributed by atoms with van der Waals surface area (Å²) < 4.78 is 8.02. The third kappa shape index (κ3) is 2.60. The van der Waals surface area contributed by atoms with E-state index in [-0.39, 0.29) is 0 Å². The Balaban J connectivity index is 1.33. The predicted octanol–water partition coefficient (Wildman–Crippen LogP) is 8.52. The molecule has 5 heteroatoms. The Hall–Kier alpha value is -4.32. The summed E-state index contributed by atoms with van der Waals surface area (Å²) in [7, 11) is 0.936. The van der Waals surface area contributed by atoms with Crippen LogP contribution in [-0.2, 0) is 0 Å². The summed E-state index contributed by atoms with van der Waals surface area (Å²) in [5.41, 5.74) is 13.3. The molecule has 0 unspecified atom stereocenters. The average molecular weight is 545 g/mol. The molecule has 0 saturated carbocycles. The van der Waals surface area contributed by atoms with Crippen molar-refractivity contribution in [2.24, 2.45) is 0 Å². The molecule has 5 heterocycles. The monoisotopic (exact) mass is 544 g/mol. The second kappa shape index (κ2) is 7.45. The third-order valence-electron chi connectivity index (χ3n) is 8.80. The van der Waals surface area contributed by atoms with Crippen LogP contribution in [0.1, 0.15) is 5.56 Å². The summed E-state index contributed by atoms with van der Waals surface area (Å²) in [6.45, 7) is 2.24. The summed E-state index contributed by atoms with van der Waals surface area (Å²) in [4.78, 5) is 3.88. The SMILES string of the molecule is Cc1cc(-c2cccc3c2[nH]c2c4ccccc4sc32)c2c(c1)-n1c3c(cccc3c3sc4ccccc4c31)B2. The van der Waals surface area contributed by atoms with Gasteiger partial charge in [-0.15, -0.1) is 22.7 Å². The van der Waals surface area contributed by atoms with E-state index in [0.29, 0.717) is 0 Å². The topological polar surface area (TPSA) is 20.7 Å². The van der Waals surface area contributed by atoms with Crippen molar-refractivity contribution in [1.29, 1.82) is 0 Å². The van der Waals surface area contributed by atoms with Gasteiger partial charge in [0, 0.05) is 47.7 Å². The highest BCUT2D eigenvalue weighted by Crippen LogP contribution is 2.44. The molecule has 0 atom stereocenters. The Bertz CT molecular complexity index is 2540. The van der Waals surface area contributed by atoms with Crippen molar-refractivity contribution < 1.29 is 0 Å². The van der Waals surface area contributed by atoms with Crippen LogP contribution in [-0.4, -0.2) is 16.8 Å². The van der Waals surface area contributed by atoms with Gasteiger partial charge >= 0.3 is 0 Å². The summed E-state index contributed by atoms with van der Waals surface area (Å²) in [5.74, 6) is 0. The van der Waals surface area contributed by atoms with Gasteiger partial charge in [-0.2, -0.15) is 0 Å². The molecule has 0 aliphatic carbocycles. The van der Waals surface area contributed by atoms with Crippen LogP contribution < -0.4 is 10.9 Å². The predicted molar refractivity (Wildman–Crippen MR) is 177 cm³/mol. The van der Waals surface area contributed by atoms with E-state index >= 15 is 0 Å². The van der Waals surface area contributed by atoms with Crippen molar-refractivity contribution >= 4 is 103 Å². The van der Waals surface area contributed by atoms with E-state index in [2.05, 4.69) is 114 Å². The lowest BCUT2D eigenvalue weighted by atomic mass is 9.59. The molecule has 0 amide bonds. The summed E-state index contributed by atoms with van der Waals surface area (Å²) >= 11 is 3.82. The first-order chi connectivity index (χ1) is 19.7. The van der Waals surface area contributed by atoms with Crippen molar-refractivity contribution in [3.63, 3.8) is 0 Å². The van der Waals surface area contributed by atoms with Crippen LogP contribution in [0.5, 0.6) is 0 Å². The van der Waals surface area contributed by atoms with E-state index in [1.54, 1.807) is 0 Å². The second-order valence-corrected chi connectivity index (χ2v) is 13.2. The largest absolute Gasteiger partial charge is 0.353 e. The van der Waals surface area contributed by atoms with Crippen LogP contribution in [0, 0.1) is 6.92 Å². The van der Waals surface area contributed by atoms with Crippen LogP contribution in [0.3, 0.4) is 0 Å². The Kier molecular flexibility index (Phi) is 4.00. The highest BCUT2D eigenvalue weighted by Gasteiger charge is 2.28. The number of H-pyrrole nitrogens is 1. The molecule has 1 N–H and O–H groups in total. The number of aromatic nitrogens is 2. The lowest BCUT2D eigenvalue weighted by Crippen LogP contribution is -2.37. The van der Waals surface area contributed by atoms with E-state index in [9.17, 15) is 0 Å². The molecule has 9 aromatic rings. The van der Waals surface area contributed by atoms with Gasteiger partial charge in [0.1, 0.15) is 0 Å². The van der Waals surface area contributed by atoms with Gasteiger partial charge in [0.2, 0.25) is 0 Å². The molecule has 186 valence electrons. The van der Waals surface area contributed by atoms with E-state index in [1.807, 2.05) is 22.7 Å². The first kappa shape index (κ1) is 21.5. The molecule has 4 aromatic heterocycles. The quantitative estimate of drug-likeness (QED) is 0.200. The maximum absolute atomic E-state index is 3.88. The van der Waals surface area contributed by atoms with Gasteiger partial charge in [0.25, 0.3) is 0 Å². The first-order valence-electron chi connectivity index (χ1n) is 13.7. The summed E-state index contributed by atoms with van der Waals surface area (Å²) in [6, 6.07) is 36.1. The molecule has 2 nitrogen and oxygen atoms in total. The first-order valence-corrected chi connectivity index (χ1v) is 15.4. The minimum Gasteiger partial charge on any atom is -0.353 e. The molecule has 0 spiro atoms. The van der Waals surface area contributed by atoms with Crippen molar-refractivity contribution in [3.05, 3.63) is 103 Å². The fourth-order valence-corrected chi connectivity index (χ4v) is 9.57. The van der Waals surface area contributed by atoms with E-state index < -0.39 is 0 Å². The van der Waals surface area contributed by atoms with Gasteiger partial charge in [-0.25, -0.2) is 0 Å². The van der Waals surface area contributed by atoms with Gasteiger partial charge < -0.3 is 9.55 Å². The summed E-state index contributed by atoms with van der Waals surface area (Å²) in [6.07, 6.45) is 0. The third-order valence-corrected chi connectivity index (χ3v) is 11.2. The number of hydrogen-bond acceptors (Lipinski definition) is 2. The van der Waals surface area contributed by atoms with Crippen molar-refractivity contribution in [3.8, 4) is 16.8 Å². The minimum absolute atomic E-state index is 0.936. The molecule has 40 heavy (non-hydrogen) atoms. The van der Waals surface area contributed by atoms with Crippen LogP contribution in [0.25, 0.3) is 79.2 Å². The lowest BCUT2D eigenvalue weighted by molar-refractivity contribution is 1.19. The molecule has 0 radical (unpaired) electrons. The average Bonchev–Trinajstić information content (AvgIpc) is 3.72. The fourth-order valence-electron chi connectivity index (χ4n) is 7.17. The van der Waals surface area contributed by atoms with Crippen molar-refractivity contribution in [2.45, 2.75) is 6.92 Å². The highest BCUT2D eigenvalue weighted by atomic mass is 32.1. The smallest absolute Gasteiger partial charge is 0.198 e. The van der Waals surface area contributed by atoms with E-state index in [0.717, 1.165) is 7.28 Å². The Morgan fingerprint density at radius 2 is 1.35 bits per heavy atom. The number of aromatic amines is 1. The van der Waals surface area contributed by atoms with Gasteiger partial charge in [-0.05, 0) is 41.7 Å². The van der Waals surface area contributed by atoms with Gasteiger partial charge in [-0.3, -0.25) is 0 Å². The molecular weight excluding hydrogens is 523 g/mol. The number of benzene rings is 5. The van der Waals surface area contributed by atoms with Crippen LogP contribution >= 0.6 is 22.7 Å². The molecule has 1 aliphatic rings. The lowest BCUT2D eigenvalue weighted by Gasteiger charge is -2.24. The zero-order valence-electron chi connectivity index (χ0n) is 21.7. The molecule has 0 saturated heterocycles. The number of thiophene rings is 2. The molecule has 0 bridgehead atoms. The molecular formula is C35H21BN2S2. The number of para-hydroxylation sites is 2. The molecule has 1 aliphatic heterocycles. The number of aryl methyl sites for hydroxylation is 1. The van der Waals surface area contributed by atoms with Gasteiger partial charge in [0.15, 0.2) is 7.28 Å². The number of fused-ring (bicyclic) bond motifs is 12. The summed E-state index contributed by atoms with van der Waals surface area (Å²) in [5, 5.41) is 5.35. The fraction of sp³-hybridized carbons (Fsp3) is 0.0286. The van der Waals surface area contributed by atoms with Gasteiger partial charge in [-0.1, -0.05) is 84.3 Å². The normalized spacial score (nSPS) is 12.8. The van der Waals surface area contributed by atoms with E-state index in [1.165, 1.54) is 95.7 Å². The Morgan fingerprint density at radius 1 is 0.625 bits per heavy atom. The number of hydrogen-bond donors (Lipinski definition) is 1. The second-order valence-electron chi connectivity index (χ2n) is 11.1. The molecule has 5 aromatic carbocycles. The minimum atomic E-state index is 0.936. The maximum atomic E-state index is 3.88. The zero-order valence-corrected chi connectivity index (χ0v) is 23.3. The number of rotatable bonds is 1. The molecule has 10 rings (SSSR count). The number of nitrogens with one attached hydrogen (secondary N) is 1. The van der Waals surface area contributed by atoms with E-state index in [4.69, 9.17) is 0 Å². The van der Waals surface area contributed by atoms with Crippen LogP contribution in [0.2, 0.25) is 0 Å². The van der Waals surface area contributed by atoms with Gasteiger partial charge in [0.05, 0.1) is 25.9 Å². The zero-order chi connectivity index (χ0) is 26.1. The Morgan fingerprint density at radius 3 is 2.25 bits per heavy atom.